The van der Waals surface area contributed by atoms with E-state index < -0.39 is 0 Å². The van der Waals surface area contributed by atoms with Crippen molar-refractivity contribution in [2.24, 2.45) is 0 Å². The smallest absolute Gasteiger partial charge is 0.0195 e. The minimum absolute atomic E-state index is 0.740. The highest BCUT2D eigenvalue weighted by Gasteiger charge is 2.15. The van der Waals surface area contributed by atoms with E-state index in [4.69, 9.17) is 0 Å². The molecule has 0 saturated carbocycles. The molecule has 0 spiro atoms. The van der Waals surface area contributed by atoms with Gasteiger partial charge in [0, 0.05) is 12.6 Å². The molecule has 1 fully saturated rings. The first-order valence-electron chi connectivity index (χ1n) is 6.93. The molecule has 1 N–H and O–H groups in total. The zero-order valence-electron chi connectivity index (χ0n) is 10.9. The molecule has 0 amide bonds. The van der Waals surface area contributed by atoms with E-state index in [1.807, 2.05) is 6.08 Å². The normalized spacial score (nSPS) is 21.2. The Hall–Kier alpha value is -0.340. The van der Waals surface area contributed by atoms with Gasteiger partial charge in [-0.25, -0.2) is 0 Å². The Kier molecular flexibility index (Phi) is 7.52. The van der Waals surface area contributed by atoms with Crippen LogP contribution in [0.2, 0.25) is 0 Å². The van der Waals surface area contributed by atoms with Crippen LogP contribution in [0.3, 0.4) is 0 Å². The molecule has 0 aromatic rings. The van der Waals surface area contributed by atoms with E-state index in [0.717, 1.165) is 12.5 Å². The highest BCUT2D eigenvalue weighted by atomic mass is 15.1. The first-order valence-corrected chi connectivity index (χ1v) is 6.93. The summed E-state index contributed by atoms with van der Waals surface area (Å²) >= 11 is 0. The average molecular weight is 224 g/mol. The summed E-state index contributed by atoms with van der Waals surface area (Å²) in [5, 5.41) is 3.64. The van der Waals surface area contributed by atoms with E-state index in [1.165, 1.54) is 58.3 Å². The van der Waals surface area contributed by atoms with E-state index in [-0.39, 0.29) is 0 Å². The molecule has 0 radical (unpaired) electrons. The summed E-state index contributed by atoms with van der Waals surface area (Å²) in [6, 6.07) is 0.740. The molecule has 1 aliphatic heterocycles. The van der Waals surface area contributed by atoms with Gasteiger partial charge in [-0.1, -0.05) is 19.4 Å². The Balaban J connectivity index is 2.21. The molecule has 0 aliphatic carbocycles. The molecule has 1 heterocycles. The van der Waals surface area contributed by atoms with Crippen molar-refractivity contribution in [2.75, 3.05) is 26.2 Å². The van der Waals surface area contributed by atoms with E-state index in [0.29, 0.717) is 0 Å². The van der Waals surface area contributed by atoms with Gasteiger partial charge < -0.3 is 10.2 Å². The maximum Gasteiger partial charge on any atom is 0.0195 e. The van der Waals surface area contributed by atoms with Gasteiger partial charge in [-0.2, -0.15) is 0 Å². The first kappa shape index (κ1) is 13.7. The van der Waals surface area contributed by atoms with Crippen molar-refractivity contribution in [3.05, 3.63) is 12.7 Å². The molecule has 1 unspecified atom stereocenters. The average Bonchev–Trinajstić information content (AvgIpc) is 2.31. The number of nitrogens with zero attached hydrogens (tertiary/aromatic N) is 1. The molecule has 16 heavy (non-hydrogen) atoms. The van der Waals surface area contributed by atoms with Gasteiger partial charge in [0.05, 0.1) is 0 Å². The number of unbranched alkanes of at least 4 members (excludes halogenated alkanes) is 1. The lowest BCUT2D eigenvalue weighted by molar-refractivity contribution is 0.222. The third-order valence-electron chi connectivity index (χ3n) is 3.31. The Morgan fingerprint density at radius 2 is 2.25 bits per heavy atom. The monoisotopic (exact) mass is 224 g/mol. The Morgan fingerprint density at radius 3 is 2.88 bits per heavy atom. The molecule has 2 heteroatoms. The minimum Gasteiger partial charge on any atom is -0.313 e. The van der Waals surface area contributed by atoms with Gasteiger partial charge in [-0.3, -0.25) is 0 Å². The summed E-state index contributed by atoms with van der Waals surface area (Å²) in [7, 11) is 0. The fourth-order valence-electron chi connectivity index (χ4n) is 2.46. The van der Waals surface area contributed by atoms with Crippen LogP contribution in [-0.2, 0) is 0 Å². The maximum atomic E-state index is 3.79. The maximum absolute atomic E-state index is 3.79. The molecule has 94 valence electrons. The second-order valence-corrected chi connectivity index (χ2v) is 4.88. The van der Waals surface area contributed by atoms with Gasteiger partial charge in [0.1, 0.15) is 0 Å². The molecule has 0 bridgehead atoms. The molecular formula is C14H28N2. The van der Waals surface area contributed by atoms with Crippen LogP contribution in [-0.4, -0.2) is 37.1 Å². The Bertz CT molecular complexity index is 174. The van der Waals surface area contributed by atoms with Gasteiger partial charge in [0.2, 0.25) is 0 Å². The van der Waals surface area contributed by atoms with Crippen molar-refractivity contribution >= 4 is 0 Å². The van der Waals surface area contributed by atoms with E-state index in [1.54, 1.807) is 0 Å². The summed E-state index contributed by atoms with van der Waals surface area (Å²) < 4.78 is 0. The van der Waals surface area contributed by atoms with Crippen LogP contribution in [0.1, 0.15) is 45.4 Å². The number of hydrogen-bond donors (Lipinski definition) is 1. The van der Waals surface area contributed by atoms with Gasteiger partial charge in [-0.15, -0.1) is 6.58 Å². The Morgan fingerprint density at radius 1 is 1.38 bits per heavy atom. The topological polar surface area (TPSA) is 15.3 Å². The highest BCUT2D eigenvalue weighted by Crippen LogP contribution is 2.09. The lowest BCUT2D eigenvalue weighted by Crippen LogP contribution is -2.44. The fraction of sp³-hybridized carbons (Fsp3) is 0.857. The van der Waals surface area contributed by atoms with Crippen LogP contribution in [0.4, 0.5) is 0 Å². The largest absolute Gasteiger partial charge is 0.313 e. The van der Waals surface area contributed by atoms with Crippen molar-refractivity contribution in [1.82, 2.24) is 10.2 Å². The summed E-state index contributed by atoms with van der Waals surface area (Å²) in [6.45, 7) is 11.0. The van der Waals surface area contributed by atoms with Crippen LogP contribution in [0, 0.1) is 0 Å². The van der Waals surface area contributed by atoms with Crippen LogP contribution >= 0.6 is 0 Å². The van der Waals surface area contributed by atoms with Gasteiger partial charge in [-0.05, 0) is 51.7 Å². The van der Waals surface area contributed by atoms with Gasteiger partial charge >= 0.3 is 0 Å². The predicted molar refractivity (Wildman–Crippen MR) is 71.8 cm³/mol. The Labute approximate surface area is 101 Å². The number of allylic oxidation sites excluding steroid dienone is 1. The zero-order valence-corrected chi connectivity index (χ0v) is 10.9. The molecule has 2 nitrogen and oxygen atoms in total. The minimum atomic E-state index is 0.740. The third kappa shape index (κ3) is 5.66. The number of piperidine rings is 1. The van der Waals surface area contributed by atoms with Crippen molar-refractivity contribution < 1.29 is 0 Å². The standard InChI is InChI=1S/C14H28N2/c1-3-5-8-12-16(11-4-2)13-14-9-6-7-10-15-14/h3,14-15H,1,4-13H2,2H3. The molecule has 1 saturated heterocycles. The predicted octanol–water partition coefficient (Wildman–Crippen LogP) is 2.81. The van der Waals surface area contributed by atoms with E-state index >= 15 is 0 Å². The second-order valence-electron chi connectivity index (χ2n) is 4.88. The summed E-state index contributed by atoms with van der Waals surface area (Å²) in [5.41, 5.74) is 0. The second kappa shape index (κ2) is 8.77. The van der Waals surface area contributed by atoms with Crippen LogP contribution < -0.4 is 5.32 Å². The lowest BCUT2D eigenvalue weighted by Gasteiger charge is -2.30. The van der Waals surface area contributed by atoms with Gasteiger partial charge in [0.25, 0.3) is 0 Å². The third-order valence-corrected chi connectivity index (χ3v) is 3.31. The summed E-state index contributed by atoms with van der Waals surface area (Å²) in [4.78, 5) is 2.62. The highest BCUT2D eigenvalue weighted by molar-refractivity contribution is 4.76. The van der Waals surface area contributed by atoms with Crippen molar-refractivity contribution in [3.8, 4) is 0 Å². The molecule has 1 rings (SSSR count). The number of hydrogen-bond acceptors (Lipinski definition) is 2. The fourth-order valence-corrected chi connectivity index (χ4v) is 2.46. The van der Waals surface area contributed by atoms with E-state index in [9.17, 15) is 0 Å². The first-order chi connectivity index (χ1) is 7.86. The van der Waals surface area contributed by atoms with Crippen molar-refractivity contribution in [2.45, 2.75) is 51.5 Å². The van der Waals surface area contributed by atoms with Crippen LogP contribution in [0.5, 0.6) is 0 Å². The number of rotatable bonds is 8. The summed E-state index contributed by atoms with van der Waals surface area (Å²) in [6.07, 6.45) is 9.84. The van der Waals surface area contributed by atoms with Crippen molar-refractivity contribution in [1.29, 1.82) is 0 Å². The van der Waals surface area contributed by atoms with Crippen LogP contribution in [0.15, 0.2) is 12.7 Å². The molecule has 1 aliphatic rings. The number of nitrogens with one attached hydrogen (secondary N) is 1. The molecule has 0 aromatic carbocycles. The SMILES string of the molecule is C=CCCCN(CCC)CC1CCCCN1. The van der Waals surface area contributed by atoms with Gasteiger partial charge in [0.15, 0.2) is 0 Å². The van der Waals surface area contributed by atoms with E-state index in [2.05, 4.69) is 23.7 Å². The quantitative estimate of drug-likeness (QED) is 0.504. The van der Waals surface area contributed by atoms with Crippen LogP contribution in [0.25, 0.3) is 0 Å². The lowest BCUT2D eigenvalue weighted by atomic mass is 10.0. The zero-order chi connectivity index (χ0) is 11.6. The summed E-state index contributed by atoms with van der Waals surface area (Å²) in [5.74, 6) is 0. The van der Waals surface area contributed by atoms with Crippen molar-refractivity contribution in [3.63, 3.8) is 0 Å². The molecule has 1 atom stereocenters. The molecule has 0 aromatic heterocycles. The molecular weight excluding hydrogens is 196 g/mol.